The van der Waals surface area contributed by atoms with Crippen LogP contribution in [0.1, 0.15) is 19.4 Å². The van der Waals surface area contributed by atoms with E-state index in [4.69, 9.17) is 9.47 Å². The average Bonchev–Trinajstić information content (AvgIpc) is 2.26. The van der Waals surface area contributed by atoms with E-state index in [2.05, 4.69) is 11.9 Å². The Morgan fingerprint density at radius 1 is 1.28 bits per heavy atom. The third-order valence-corrected chi connectivity index (χ3v) is 3.19. The highest BCUT2D eigenvalue weighted by molar-refractivity contribution is 5.44. The maximum atomic E-state index is 9.97. The number of methoxy groups -OCH3 is 1. The van der Waals surface area contributed by atoms with Gasteiger partial charge in [0.25, 0.3) is 0 Å². The number of aliphatic hydroxyl groups is 1. The summed E-state index contributed by atoms with van der Waals surface area (Å²) in [5.41, 5.74) is -0.0555. The van der Waals surface area contributed by atoms with Gasteiger partial charge in [0.15, 0.2) is 11.5 Å². The third kappa shape index (κ3) is 2.76. The van der Waals surface area contributed by atoms with Crippen LogP contribution in [0.25, 0.3) is 0 Å². The van der Waals surface area contributed by atoms with Crippen molar-refractivity contribution in [1.29, 1.82) is 0 Å². The molecule has 1 heterocycles. The molecule has 0 aliphatic carbocycles. The van der Waals surface area contributed by atoms with E-state index in [1.54, 1.807) is 21.0 Å². The molecule has 100 valence electrons. The topological polar surface area (TPSA) is 41.9 Å². The highest BCUT2D eigenvalue weighted by Crippen LogP contribution is 2.33. The van der Waals surface area contributed by atoms with Crippen molar-refractivity contribution in [2.24, 2.45) is 0 Å². The average molecular weight is 251 g/mol. The highest BCUT2D eigenvalue weighted by Gasteiger charge is 2.26. The molecule has 1 aliphatic rings. The van der Waals surface area contributed by atoms with Gasteiger partial charge in [-0.3, -0.25) is 4.90 Å². The van der Waals surface area contributed by atoms with Crippen LogP contribution in [0.15, 0.2) is 18.2 Å². The minimum atomic E-state index is -0.873. The lowest BCUT2D eigenvalue weighted by atomic mass is 9.98. The molecule has 0 aromatic heterocycles. The minimum absolute atomic E-state index is 0.233. The first-order valence-corrected chi connectivity index (χ1v) is 6.16. The first kappa shape index (κ1) is 13.2. The summed E-state index contributed by atoms with van der Waals surface area (Å²) in [6.45, 7) is 5.39. The predicted molar refractivity (Wildman–Crippen MR) is 70.2 cm³/mol. The lowest BCUT2D eigenvalue weighted by Gasteiger charge is -2.36. The van der Waals surface area contributed by atoms with Gasteiger partial charge in [-0.25, -0.2) is 0 Å². The van der Waals surface area contributed by atoms with E-state index in [9.17, 15) is 5.11 Å². The zero-order valence-electron chi connectivity index (χ0n) is 11.4. The van der Waals surface area contributed by atoms with E-state index in [1.807, 2.05) is 18.2 Å². The van der Waals surface area contributed by atoms with E-state index < -0.39 is 5.60 Å². The summed E-state index contributed by atoms with van der Waals surface area (Å²) < 4.78 is 11.2. The molecule has 0 saturated carbocycles. The molecule has 1 fully saturated rings. The van der Waals surface area contributed by atoms with Crippen molar-refractivity contribution in [1.82, 2.24) is 4.90 Å². The summed E-state index contributed by atoms with van der Waals surface area (Å²) in [6.07, 6.45) is 0.233. The Morgan fingerprint density at radius 2 is 1.94 bits per heavy atom. The molecule has 18 heavy (non-hydrogen) atoms. The summed E-state index contributed by atoms with van der Waals surface area (Å²) in [5.74, 6) is 1.41. The van der Waals surface area contributed by atoms with Gasteiger partial charge in [0.1, 0.15) is 6.10 Å². The molecule has 0 unspecified atom stereocenters. The summed E-state index contributed by atoms with van der Waals surface area (Å²) in [7, 11) is 3.68. The molecule has 4 nitrogen and oxygen atoms in total. The van der Waals surface area contributed by atoms with Crippen molar-refractivity contribution in [2.45, 2.75) is 25.6 Å². The van der Waals surface area contributed by atoms with Gasteiger partial charge in [-0.15, -0.1) is 0 Å². The smallest absolute Gasteiger partial charge is 0.161 e. The number of rotatable bonds is 4. The van der Waals surface area contributed by atoms with Gasteiger partial charge in [0, 0.05) is 13.1 Å². The highest BCUT2D eigenvalue weighted by atomic mass is 16.5. The maximum Gasteiger partial charge on any atom is 0.161 e. The first-order valence-electron chi connectivity index (χ1n) is 6.16. The van der Waals surface area contributed by atoms with Crippen LogP contribution in [0, 0.1) is 0 Å². The largest absolute Gasteiger partial charge is 0.493 e. The fourth-order valence-electron chi connectivity index (χ4n) is 2.04. The van der Waals surface area contributed by atoms with Crippen LogP contribution >= 0.6 is 0 Å². The van der Waals surface area contributed by atoms with Gasteiger partial charge >= 0.3 is 0 Å². The molecule has 1 aromatic rings. The van der Waals surface area contributed by atoms with Crippen molar-refractivity contribution >= 4 is 0 Å². The Hall–Kier alpha value is -1.26. The van der Waals surface area contributed by atoms with Gasteiger partial charge in [0.05, 0.1) is 12.7 Å². The molecule has 0 radical (unpaired) electrons. The van der Waals surface area contributed by atoms with E-state index in [1.165, 1.54) is 0 Å². The number of ether oxygens (including phenoxy) is 2. The molecular weight excluding hydrogens is 230 g/mol. The zero-order valence-corrected chi connectivity index (χ0v) is 11.4. The lowest BCUT2D eigenvalue weighted by Crippen LogP contribution is -2.51. The normalized spacial score (nSPS) is 17.4. The fraction of sp³-hybridized carbons (Fsp3) is 0.571. The number of hydrogen-bond donors (Lipinski definition) is 1. The Kier molecular flexibility index (Phi) is 3.50. The second kappa shape index (κ2) is 4.78. The summed E-state index contributed by atoms with van der Waals surface area (Å²) in [4.78, 5) is 2.20. The molecule has 1 saturated heterocycles. The summed E-state index contributed by atoms with van der Waals surface area (Å²) in [5, 5.41) is 9.97. The van der Waals surface area contributed by atoms with Crippen LogP contribution in [-0.2, 0) is 5.60 Å². The molecule has 0 spiro atoms. The summed E-state index contributed by atoms with van der Waals surface area (Å²) in [6, 6.07) is 5.57. The first-order chi connectivity index (χ1) is 8.40. The van der Waals surface area contributed by atoms with Crippen LogP contribution in [0.3, 0.4) is 0 Å². The number of benzene rings is 1. The molecule has 0 atom stereocenters. The minimum Gasteiger partial charge on any atom is -0.493 e. The van der Waals surface area contributed by atoms with Crippen molar-refractivity contribution < 1.29 is 14.6 Å². The van der Waals surface area contributed by atoms with E-state index >= 15 is 0 Å². The van der Waals surface area contributed by atoms with Crippen LogP contribution < -0.4 is 9.47 Å². The van der Waals surface area contributed by atoms with Crippen molar-refractivity contribution in [2.75, 3.05) is 27.2 Å². The lowest BCUT2D eigenvalue weighted by molar-refractivity contribution is 0.0367. The number of likely N-dealkylation sites (tertiary alicyclic amines) is 1. The van der Waals surface area contributed by atoms with Gasteiger partial charge in [0.2, 0.25) is 0 Å². The SMILES string of the molecule is COc1cc(C(C)(C)O)ccc1OC1CN(C)C1. The molecular formula is C14H21NO3. The quantitative estimate of drug-likeness (QED) is 0.883. The number of nitrogens with zero attached hydrogens (tertiary/aromatic N) is 1. The fourth-order valence-corrected chi connectivity index (χ4v) is 2.04. The van der Waals surface area contributed by atoms with Crippen LogP contribution in [-0.4, -0.2) is 43.4 Å². The van der Waals surface area contributed by atoms with E-state index in [-0.39, 0.29) is 6.10 Å². The molecule has 0 bridgehead atoms. The Bertz CT molecular complexity index is 420. The Labute approximate surface area is 108 Å². The zero-order chi connectivity index (χ0) is 13.3. The third-order valence-electron chi connectivity index (χ3n) is 3.19. The molecule has 1 aliphatic heterocycles. The molecule has 1 N–H and O–H groups in total. The van der Waals surface area contributed by atoms with Gasteiger partial charge in [-0.1, -0.05) is 6.07 Å². The number of likely N-dealkylation sites (N-methyl/N-ethyl adjacent to an activating group) is 1. The molecule has 4 heteroatoms. The van der Waals surface area contributed by atoms with Crippen LogP contribution in [0.2, 0.25) is 0 Å². The van der Waals surface area contributed by atoms with Gasteiger partial charge < -0.3 is 14.6 Å². The van der Waals surface area contributed by atoms with Crippen molar-refractivity contribution in [3.8, 4) is 11.5 Å². The van der Waals surface area contributed by atoms with Gasteiger partial charge in [-0.2, -0.15) is 0 Å². The maximum absolute atomic E-state index is 9.97. The second-order valence-electron chi connectivity index (χ2n) is 5.39. The summed E-state index contributed by atoms with van der Waals surface area (Å²) >= 11 is 0. The van der Waals surface area contributed by atoms with Crippen LogP contribution in [0.4, 0.5) is 0 Å². The molecule has 2 rings (SSSR count). The van der Waals surface area contributed by atoms with E-state index in [0.29, 0.717) is 5.75 Å². The number of hydrogen-bond acceptors (Lipinski definition) is 4. The van der Waals surface area contributed by atoms with Crippen molar-refractivity contribution in [3.05, 3.63) is 23.8 Å². The Balaban J connectivity index is 2.15. The predicted octanol–water partition coefficient (Wildman–Crippen LogP) is 1.62. The second-order valence-corrected chi connectivity index (χ2v) is 5.39. The monoisotopic (exact) mass is 251 g/mol. The molecule has 0 amide bonds. The van der Waals surface area contributed by atoms with E-state index in [0.717, 1.165) is 24.4 Å². The standard InChI is InChI=1S/C14H21NO3/c1-14(2,16)10-5-6-12(13(7-10)17-4)18-11-8-15(3)9-11/h5-7,11,16H,8-9H2,1-4H3. The Morgan fingerprint density at radius 3 is 2.44 bits per heavy atom. The van der Waals surface area contributed by atoms with Crippen LogP contribution in [0.5, 0.6) is 11.5 Å². The van der Waals surface area contributed by atoms with Gasteiger partial charge in [-0.05, 0) is 38.6 Å². The van der Waals surface area contributed by atoms with Crippen molar-refractivity contribution in [3.63, 3.8) is 0 Å². The molecule has 1 aromatic carbocycles.